The second-order valence-electron chi connectivity index (χ2n) is 4.68. The summed E-state index contributed by atoms with van der Waals surface area (Å²) in [5.41, 5.74) is 5.64. The van der Waals surface area contributed by atoms with E-state index in [1.165, 1.54) is 25.8 Å². The lowest BCUT2D eigenvalue weighted by atomic mass is 9.99. The van der Waals surface area contributed by atoms with Crippen LogP contribution in [0.15, 0.2) is 0 Å². The number of likely N-dealkylation sites (tertiary alicyclic amines) is 1. The Morgan fingerprint density at radius 1 is 1.38 bits per heavy atom. The molecule has 1 unspecified atom stereocenters. The zero-order chi connectivity index (χ0) is 11.1. The van der Waals surface area contributed by atoms with E-state index in [1.54, 1.807) is 0 Å². The van der Waals surface area contributed by atoms with Gasteiger partial charge in [-0.1, -0.05) is 6.42 Å². The molecule has 0 aliphatic carbocycles. The predicted molar refractivity (Wildman–Crippen MR) is 71.2 cm³/mol. The molecule has 98 valence electrons. The van der Waals surface area contributed by atoms with Crippen molar-refractivity contribution in [2.75, 3.05) is 26.2 Å². The second kappa shape index (κ2) is 9.23. The third kappa shape index (κ3) is 6.04. The van der Waals surface area contributed by atoms with Crippen LogP contribution in [0.5, 0.6) is 0 Å². The Morgan fingerprint density at radius 2 is 2.12 bits per heavy atom. The number of nitrogens with two attached hydrogens (primary N) is 1. The van der Waals surface area contributed by atoms with Crippen LogP contribution in [0.3, 0.4) is 0 Å². The summed E-state index contributed by atoms with van der Waals surface area (Å²) in [7, 11) is 0. The topological polar surface area (TPSA) is 38.5 Å². The molecule has 4 heteroatoms. The van der Waals surface area contributed by atoms with Crippen molar-refractivity contribution in [3.05, 3.63) is 0 Å². The summed E-state index contributed by atoms with van der Waals surface area (Å²) in [4.78, 5) is 2.55. The monoisotopic (exact) mass is 250 g/mol. The number of hydrogen-bond acceptors (Lipinski definition) is 3. The Morgan fingerprint density at radius 3 is 2.75 bits per heavy atom. The van der Waals surface area contributed by atoms with Crippen LogP contribution in [-0.4, -0.2) is 43.3 Å². The molecule has 0 aromatic heterocycles. The molecular formula is C12H27ClN2O. The molecule has 1 atom stereocenters. The summed E-state index contributed by atoms with van der Waals surface area (Å²) >= 11 is 0. The van der Waals surface area contributed by atoms with Crippen molar-refractivity contribution in [2.24, 2.45) is 5.73 Å². The second-order valence-corrected chi connectivity index (χ2v) is 4.68. The maximum absolute atomic E-state index is 5.64. The fourth-order valence-corrected chi connectivity index (χ4v) is 2.28. The number of hydrogen-bond donors (Lipinski definition) is 1. The molecule has 2 N–H and O–H groups in total. The first-order chi connectivity index (χ1) is 7.24. The first kappa shape index (κ1) is 16.2. The average Bonchev–Trinajstić information content (AvgIpc) is 2.20. The summed E-state index contributed by atoms with van der Waals surface area (Å²) in [5, 5.41) is 0. The molecule has 0 radical (unpaired) electrons. The minimum atomic E-state index is 0. The smallest absolute Gasteiger partial charge is 0.0597 e. The van der Waals surface area contributed by atoms with E-state index in [0.717, 1.165) is 26.1 Å². The normalized spacial score (nSPS) is 22.1. The van der Waals surface area contributed by atoms with E-state index in [4.69, 9.17) is 10.5 Å². The molecular weight excluding hydrogens is 224 g/mol. The molecule has 0 aromatic carbocycles. The molecule has 16 heavy (non-hydrogen) atoms. The Hall–Kier alpha value is 0.170. The van der Waals surface area contributed by atoms with E-state index in [-0.39, 0.29) is 12.4 Å². The fraction of sp³-hybridized carbons (Fsp3) is 1.00. The third-order valence-corrected chi connectivity index (χ3v) is 3.08. The molecule has 0 bridgehead atoms. The molecule has 1 fully saturated rings. The Bertz CT molecular complexity index is 165. The SMILES string of the molecule is CC(C)OCCN1CCCCC1CCN.Cl. The lowest BCUT2D eigenvalue weighted by molar-refractivity contribution is 0.0390. The van der Waals surface area contributed by atoms with Gasteiger partial charge in [-0.15, -0.1) is 12.4 Å². The van der Waals surface area contributed by atoms with Crippen molar-refractivity contribution in [3.8, 4) is 0 Å². The lowest BCUT2D eigenvalue weighted by Crippen LogP contribution is -2.42. The van der Waals surface area contributed by atoms with Crippen LogP contribution >= 0.6 is 12.4 Å². The Kier molecular flexibility index (Phi) is 9.32. The zero-order valence-corrected chi connectivity index (χ0v) is 11.5. The van der Waals surface area contributed by atoms with Crippen LogP contribution in [0.1, 0.15) is 39.5 Å². The molecule has 0 spiro atoms. The van der Waals surface area contributed by atoms with Gasteiger partial charge in [-0.3, -0.25) is 4.90 Å². The maximum Gasteiger partial charge on any atom is 0.0597 e. The van der Waals surface area contributed by atoms with Gasteiger partial charge in [-0.05, 0) is 46.2 Å². The summed E-state index contributed by atoms with van der Waals surface area (Å²) < 4.78 is 5.60. The largest absolute Gasteiger partial charge is 0.377 e. The van der Waals surface area contributed by atoms with Gasteiger partial charge in [0, 0.05) is 12.6 Å². The quantitative estimate of drug-likeness (QED) is 0.784. The van der Waals surface area contributed by atoms with E-state index < -0.39 is 0 Å². The number of nitrogens with zero attached hydrogens (tertiary/aromatic N) is 1. The molecule has 1 aliphatic heterocycles. The minimum absolute atomic E-state index is 0. The summed E-state index contributed by atoms with van der Waals surface area (Å²) in [6, 6.07) is 0.708. The van der Waals surface area contributed by atoms with E-state index in [2.05, 4.69) is 18.7 Å². The van der Waals surface area contributed by atoms with Gasteiger partial charge in [-0.25, -0.2) is 0 Å². The van der Waals surface area contributed by atoms with Crippen molar-refractivity contribution in [2.45, 2.75) is 51.7 Å². The van der Waals surface area contributed by atoms with Gasteiger partial charge < -0.3 is 10.5 Å². The van der Waals surface area contributed by atoms with Gasteiger partial charge in [-0.2, -0.15) is 0 Å². The van der Waals surface area contributed by atoms with Gasteiger partial charge in [0.25, 0.3) is 0 Å². The summed E-state index contributed by atoms with van der Waals surface area (Å²) in [6.45, 7) is 8.15. The van der Waals surface area contributed by atoms with E-state index in [9.17, 15) is 0 Å². The van der Waals surface area contributed by atoms with Gasteiger partial charge >= 0.3 is 0 Å². The number of rotatable bonds is 6. The number of halogens is 1. The Labute approximate surface area is 106 Å². The third-order valence-electron chi connectivity index (χ3n) is 3.08. The standard InChI is InChI=1S/C12H26N2O.ClH/c1-11(2)15-10-9-14-8-4-3-5-12(14)6-7-13;/h11-12H,3-10,13H2,1-2H3;1H. The van der Waals surface area contributed by atoms with E-state index in [1.807, 2.05) is 0 Å². The highest BCUT2D eigenvalue weighted by Gasteiger charge is 2.20. The molecule has 0 aromatic rings. The molecule has 1 rings (SSSR count). The molecule has 1 aliphatic rings. The lowest BCUT2D eigenvalue weighted by Gasteiger charge is -2.35. The Balaban J connectivity index is 0.00000225. The van der Waals surface area contributed by atoms with Crippen LogP contribution in [0, 0.1) is 0 Å². The van der Waals surface area contributed by atoms with Crippen molar-refractivity contribution >= 4 is 12.4 Å². The number of ether oxygens (including phenoxy) is 1. The summed E-state index contributed by atoms with van der Waals surface area (Å²) in [5.74, 6) is 0. The maximum atomic E-state index is 5.64. The average molecular weight is 251 g/mol. The molecule has 3 nitrogen and oxygen atoms in total. The first-order valence-corrected chi connectivity index (χ1v) is 6.29. The molecule has 1 saturated heterocycles. The van der Waals surface area contributed by atoms with Gasteiger partial charge in [0.1, 0.15) is 0 Å². The molecule has 1 heterocycles. The summed E-state index contributed by atoms with van der Waals surface area (Å²) in [6.07, 6.45) is 5.51. The van der Waals surface area contributed by atoms with Gasteiger partial charge in [0.05, 0.1) is 12.7 Å². The highest BCUT2D eigenvalue weighted by atomic mass is 35.5. The number of piperidine rings is 1. The predicted octanol–water partition coefficient (Wildman–Crippen LogP) is 2.04. The van der Waals surface area contributed by atoms with Crippen LogP contribution in [0.2, 0.25) is 0 Å². The highest BCUT2D eigenvalue weighted by Crippen LogP contribution is 2.18. The highest BCUT2D eigenvalue weighted by molar-refractivity contribution is 5.85. The van der Waals surface area contributed by atoms with Gasteiger partial charge in [0.2, 0.25) is 0 Å². The van der Waals surface area contributed by atoms with Crippen LogP contribution in [0.4, 0.5) is 0 Å². The van der Waals surface area contributed by atoms with Gasteiger partial charge in [0.15, 0.2) is 0 Å². The van der Waals surface area contributed by atoms with Crippen LogP contribution < -0.4 is 5.73 Å². The fourth-order valence-electron chi connectivity index (χ4n) is 2.28. The zero-order valence-electron chi connectivity index (χ0n) is 10.7. The first-order valence-electron chi connectivity index (χ1n) is 6.29. The van der Waals surface area contributed by atoms with Crippen molar-refractivity contribution in [3.63, 3.8) is 0 Å². The van der Waals surface area contributed by atoms with Crippen LogP contribution in [-0.2, 0) is 4.74 Å². The minimum Gasteiger partial charge on any atom is -0.377 e. The van der Waals surface area contributed by atoms with Crippen molar-refractivity contribution in [1.82, 2.24) is 4.90 Å². The van der Waals surface area contributed by atoms with Crippen molar-refractivity contribution < 1.29 is 4.74 Å². The van der Waals surface area contributed by atoms with E-state index in [0.29, 0.717) is 12.1 Å². The molecule has 0 saturated carbocycles. The molecule has 0 amide bonds. The van der Waals surface area contributed by atoms with Crippen molar-refractivity contribution in [1.29, 1.82) is 0 Å². The van der Waals surface area contributed by atoms with E-state index >= 15 is 0 Å². The van der Waals surface area contributed by atoms with Crippen LogP contribution in [0.25, 0.3) is 0 Å².